The van der Waals surface area contributed by atoms with Crippen LogP contribution in [0.2, 0.25) is 0 Å². The summed E-state index contributed by atoms with van der Waals surface area (Å²) in [7, 11) is 0. The summed E-state index contributed by atoms with van der Waals surface area (Å²) >= 11 is 0. The van der Waals surface area contributed by atoms with Crippen LogP contribution in [0.25, 0.3) is 0 Å². The first kappa shape index (κ1) is 15.4. The second kappa shape index (κ2) is 6.73. The summed E-state index contributed by atoms with van der Waals surface area (Å²) in [5.41, 5.74) is 3.22. The van der Waals surface area contributed by atoms with Crippen molar-refractivity contribution in [3.05, 3.63) is 59.2 Å². The van der Waals surface area contributed by atoms with Crippen molar-refractivity contribution >= 4 is 5.91 Å². The van der Waals surface area contributed by atoms with Crippen LogP contribution < -0.4 is 14.8 Å². The second-order valence-electron chi connectivity index (χ2n) is 5.85. The van der Waals surface area contributed by atoms with Crippen LogP contribution in [0, 0.1) is 13.8 Å². The van der Waals surface area contributed by atoms with E-state index in [0.717, 1.165) is 34.6 Å². The van der Waals surface area contributed by atoms with Crippen molar-refractivity contribution in [1.82, 2.24) is 5.32 Å². The maximum atomic E-state index is 12.2. The fraction of sp³-hybridized carbons (Fsp3) is 0.316. The van der Waals surface area contributed by atoms with Crippen molar-refractivity contribution in [1.29, 1.82) is 0 Å². The summed E-state index contributed by atoms with van der Waals surface area (Å²) in [6.45, 7) is 4.63. The molecule has 0 saturated carbocycles. The third-order valence-corrected chi connectivity index (χ3v) is 3.99. The first-order valence-electron chi connectivity index (χ1n) is 7.84. The molecule has 3 rings (SSSR count). The number of benzene rings is 2. The molecule has 0 aliphatic carbocycles. The van der Waals surface area contributed by atoms with Gasteiger partial charge in [-0.1, -0.05) is 35.9 Å². The molecule has 0 bridgehead atoms. The lowest BCUT2D eigenvalue weighted by atomic mass is 9.98. The molecule has 2 aromatic carbocycles. The standard InChI is InChI=1S/C19H21NO3/c1-13-7-8-18-15(11-13)16(9-10-22-18)20-19(21)12-23-17-6-4-3-5-14(17)2/h3-8,11,16H,9-10,12H2,1-2H3,(H,20,21). The van der Waals surface area contributed by atoms with E-state index in [-0.39, 0.29) is 18.6 Å². The third kappa shape index (κ3) is 3.65. The maximum Gasteiger partial charge on any atom is 0.258 e. The minimum atomic E-state index is -0.118. The molecule has 1 unspecified atom stereocenters. The minimum Gasteiger partial charge on any atom is -0.493 e. The molecule has 0 radical (unpaired) electrons. The first-order valence-corrected chi connectivity index (χ1v) is 7.84. The quantitative estimate of drug-likeness (QED) is 0.942. The Balaban J connectivity index is 1.63. The molecule has 1 heterocycles. The van der Waals surface area contributed by atoms with Crippen molar-refractivity contribution in [3.8, 4) is 11.5 Å². The number of hydrogen-bond acceptors (Lipinski definition) is 3. The van der Waals surface area contributed by atoms with Gasteiger partial charge in [0.15, 0.2) is 6.61 Å². The zero-order valence-electron chi connectivity index (χ0n) is 13.5. The maximum absolute atomic E-state index is 12.2. The summed E-state index contributed by atoms with van der Waals surface area (Å²) in [5.74, 6) is 1.48. The number of hydrogen-bond donors (Lipinski definition) is 1. The van der Waals surface area contributed by atoms with Crippen LogP contribution in [0.3, 0.4) is 0 Å². The molecule has 1 aliphatic heterocycles. The summed E-state index contributed by atoms with van der Waals surface area (Å²) in [5, 5.41) is 3.05. The highest BCUT2D eigenvalue weighted by molar-refractivity contribution is 5.78. The van der Waals surface area contributed by atoms with E-state index in [1.807, 2.05) is 50.2 Å². The number of aryl methyl sites for hydroxylation is 2. The number of carbonyl (C=O) groups is 1. The Bertz CT molecular complexity index is 712. The molecular formula is C19H21NO3. The molecule has 1 N–H and O–H groups in total. The minimum absolute atomic E-state index is 0.0172. The van der Waals surface area contributed by atoms with Gasteiger partial charge in [-0.05, 0) is 31.5 Å². The number of para-hydroxylation sites is 1. The fourth-order valence-corrected chi connectivity index (χ4v) is 2.76. The van der Waals surface area contributed by atoms with Gasteiger partial charge < -0.3 is 14.8 Å². The van der Waals surface area contributed by atoms with Crippen molar-refractivity contribution in [2.45, 2.75) is 26.3 Å². The van der Waals surface area contributed by atoms with Crippen LogP contribution in [-0.2, 0) is 4.79 Å². The van der Waals surface area contributed by atoms with Crippen molar-refractivity contribution in [2.24, 2.45) is 0 Å². The van der Waals surface area contributed by atoms with Crippen molar-refractivity contribution in [2.75, 3.05) is 13.2 Å². The van der Waals surface area contributed by atoms with Crippen LogP contribution in [0.5, 0.6) is 11.5 Å². The molecule has 120 valence electrons. The second-order valence-corrected chi connectivity index (χ2v) is 5.85. The number of amides is 1. The topological polar surface area (TPSA) is 47.6 Å². The summed E-state index contributed by atoms with van der Waals surface area (Å²) in [6.07, 6.45) is 0.770. The number of fused-ring (bicyclic) bond motifs is 1. The predicted octanol–water partition coefficient (Wildman–Crippen LogP) is 3.32. The molecule has 23 heavy (non-hydrogen) atoms. The predicted molar refractivity (Wildman–Crippen MR) is 88.8 cm³/mol. The van der Waals surface area contributed by atoms with Gasteiger partial charge in [0.1, 0.15) is 11.5 Å². The van der Waals surface area contributed by atoms with Gasteiger partial charge in [-0.2, -0.15) is 0 Å². The lowest BCUT2D eigenvalue weighted by molar-refractivity contribution is -0.124. The van der Waals surface area contributed by atoms with E-state index in [9.17, 15) is 4.79 Å². The highest BCUT2D eigenvalue weighted by Crippen LogP contribution is 2.32. The SMILES string of the molecule is Cc1ccc2c(c1)C(NC(=O)COc1ccccc1C)CCO2. The monoisotopic (exact) mass is 311 g/mol. The number of rotatable bonds is 4. The van der Waals surface area contributed by atoms with E-state index < -0.39 is 0 Å². The Hall–Kier alpha value is -2.49. The Labute approximate surface area is 136 Å². The smallest absolute Gasteiger partial charge is 0.258 e. The summed E-state index contributed by atoms with van der Waals surface area (Å²) < 4.78 is 11.3. The Morgan fingerprint density at radius 2 is 2.09 bits per heavy atom. The van der Waals surface area contributed by atoms with Crippen LogP contribution >= 0.6 is 0 Å². The van der Waals surface area contributed by atoms with E-state index in [0.29, 0.717) is 6.61 Å². The molecule has 0 saturated heterocycles. The molecule has 0 aromatic heterocycles. The van der Waals surface area contributed by atoms with E-state index in [1.165, 1.54) is 0 Å². The average molecular weight is 311 g/mol. The van der Waals surface area contributed by atoms with Gasteiger partial charge in [0.05, 0.1) is 12.6 Å². The van der Waals surface area contributed by atoms with Crippen LogP contribution in [-0.4, -0.2) is 19.1 Å². The number of ether oxygens (including phenoxy) is 2. The van der Waals surface area contributed by atoms with Gasteiger partial charge in [0.25, 0.3) is 5.91 Å². The number of carbonyl (C=O) groups excluding carboxylic acids is 1. The van der Waals surface area contributed by atoms with Gasteiger partial charge in [-0.3, -0.25) is 4.79 Å². The first-order chi connectivity index (χ1) is 11.1. The Kier molecular flexibility index (Phi) is 4.51. The Morgan fingerprint density at radius 3 is 2.91 bits per heavy atom. The highest BCUT2D eigenvalue weighted by atomic mass is 16.5. The van der Waals surface area contributed by atoms with E-state index in [4.69, 9.17) is 9.47 Å². The highest BCUT2D eigenvalue weighted by Gasteiger charge is 2.23. The molecule has 4 nitrogen and oxygen atoms in total. The van der Waals surface area contributed by atoms with Crippen LogP contribution in [0.15, 0.2) is 42.5 Å². The van der Waals surface area contributed by atoms with Gasteiger partial charge >= 0.3 is 0 Å². The Morgan fingerprint density at radius 1 is 1.26 bits per heavy atom. The van der Waals surface area contributed by atoms with E-state index in [2.05, 4.69) is 11.4 Å². The molecule has 1 atom stereocenters. The van der Waals surface area contributed by atoms with Gasteiger partial charge in [-0.15, -0.1) is 0 Å². The summed E-state index contributed by atoms with van der Waals surface area (Å²) in [4.78, 5) is 12.2. The van der Waals surface area contributed by atoms with Crippen molar-refractivity contribution in [3.63, 3.8) is 0 Å². The lowest BCUT2D eigenvalue weighted by Crippen LogP contribution is -2.35. The lowest BCUT2D eigenvalue weighted by Gasteiger charge is -2.27. The molecule has 1 aliphatic rings. The van der Waals surface area contributed by atoms with E-state index in [1.54, 1.807) is 0 Å². The molecule has 0 fully saturated rings. The van der Waals surface area contributed by atoms with Gasteiger partial charge in [0, 0.05) is 12.0 Å². The van der Waals surface area contributed by atoms with Crippen LogP contribution in [0.4, 0.5) is 0 Å². The average Bonchev–Trinajstić information content (AvgIpc) is 2.55. The zero-order chi connectivity index (χ0) is 16.2. The third-order valence-electron chi connectivity index (χ3n) is 3.99. The normalized spacial score (nSPS) is 16.2. The molecule has 0 spiro atoms. The molecular weight excluding hydrogens is 290 g/mol. The largest absolute Gasteiger partial charge is 0.493 e. The summed E-state index contributed by atoms with van der Waals surface area (Å²) in [6, 6.07) is 13.7. The molecule has 2 aromatic rings. The number of nitrogens with one attached hydrogen (secondary N) is 1. The molecule has 4 heteroatoms. The molecule has 1 amide bonds. The van der Waals surface area contributed by atoms with Crippen molar-refractivity contribution < 1.29 is 14.3 Å². The van der Waals surface area contributed by atoms with Gasteiger partial charge in [-0.25, -0.2) is 0 Å². The van der Waals surface area contributed by atoms with Gasteiger partial charge in [0.2, 0.25) is 0 Å². The fourth-order valence-electron chi connectivity index (χ4n) is 2.76. The van der Waals surface area contributed by atoms with Crippen LogP contribution in [0.1, 0.15) is 29.2 Å². The van der Waals surface area contributed by atoms with E-state index >= 15 is 0 Å². The zero-order valence-corrected chi connectivity index (χ0v) is 13.5.